The fraction of sp³-hybridized carbons (Fsp3) is 0. The smallest absolute Gasteiger partial charge is 0.0184 e. The Bertz CT molecular complexity index is 281. The van der Waals surface area contributed by atoms with Crippen molar-refractivity contribution >= 4 is 40.3 Å². The zero-order chi connectivity index (χ0) is 6.81. The van der Waals surface area contributed by atoms with Gasteiger partial charge < -0.3 is 0 Å². The molecule has 0 amide bonds. The van der Waals surface area contributed by atoms with Crippen molar-refractivity contribution in [3.63, 3.8) is 0 Å². The first kappa shape index (κ1) is 13.0. The Kier molecular flexibility index (Phi) is 6.93. The third-order valence-corrected chi connectivity index (χ3v) is 1.66. The number of benzene rings is 2. The van der Waals surface area contributed by atoms with Gasteiger partial charge in [-0.25, -0.2) is 0 Å². The van der Waals surface area contributed by atoms with Crippen LogP contribution in [0, 0.1) is 37.7 Å². The van der Waals surface area contributed by atoms with Crippen molar-refractivity contribution in [2.24, 2.45) is 0 Å². The van der Waals surface area contributed by atoms with Crippen LogP contribution in [-0.2, 0) is 0 Å². The molecule has 2 aromatic carbocycles. The molecule has 0 atom stereocenters. The first-order valence-corrected chi connectivity index (χ1v) is 3.40. The summed E-state index contributed by atoms with van der Waals surface area (Å²) in [7, 11) is 0. The molecule has 0 saturated carbocycles. The molecule has 58 valence electrons. The first-order chi connectivity index (χ1) is 4.97. The number of hydrogen-bond acceptors (Lipinski definition) is 0. The first-order valence-electron chi connectivity index (χ1n) is 3.40. The molecule has 0 bridgehead atoms. The topological polar surface area (TPSA) is 0 Å². The molecular weight excluding hydrogens is 183 g/mol. The Morgan fingerprint density at radius 3 is 1.08 bits per heavy atom. The molecule has 0 aliphatic rings. The number of rotatable bonds is 0. The van der Waals surface area contributed by atoms with Crippen molar-refractivity contribution in [2.75, 3.05) is 0 Å². The molecule has 0 saturated heterocycles. The van der Waals surface area contributed by atoms with Gasteiger partial charge in [0.2, 0.25) is 0 Å². The van der Waals surface area contributed by atoms with Gasteiger partial charge in [-0.2, -0.15) is 0 Å². The fourth-order valence-corrected chi connectivity index (χ4v) is 1.13. The molecule has 2 heteroatoms. The van der Waals surface area contributed by atoms with Crippen molar-refractivity contribution in [2.45, 2.75) is 0 Å². The molecule has 0 spiro atoms. The molecule has 12 heavy (non-hydrogen) atoms. The summed E-state index contributed by atoms with van der Waals surface area (Å²) in [6.45, 7) is 0. The Labute approximate surface area is 125 Å². The largest absolute Gasteiger partial charge is 0.0616 e. The van der Waals surface area contributed by atoms with Gasteiger partial charge >= 0.3 is 29.6 Å². The van der Waals surface area contributed by atoms with Crippen LogP contribution in [0.5, 0.6) is 0 Å². The van der Waals surface area contributed by atoms with E-state index < -0.39 is 0 Å². The molecule has 2 aromatic rings. The van der Waals surface area contributed by atoms with Crippen molar-refractivity contribution in [3.05, 3.63) is 48.5 Å². The summed E-state index contributed by atoms with van der Waals surface area (Å²) in [5.41, 5.74) is 0. The van der Waals surface area contributed by atoms with Gasteiger partial charge in [0.25, 0.3) is 0 Å². The van der Waals surface area contributed by atoms with E-state index in [0.29, 0.717) is 0 Å². The third kappa shape index (κ3) is 3.02. The second-order valence-corrected chi connectivity index (χ2v) is 2.35. The van der Waals surface area contributed by atoms with Gasteiger partial charge in [0.15, 0.2) is 0 Å². The minimum Gasteiger partial charge on any atom is -0.0616 e. The van der Waals surface area contributed by atoms with Crippen LogP contribution in [-0.4, -0.2) is 29.6 Å². The molecule has 0 heterocycles. The van der Waals surface area contributed by atoms with E-state index in [1.165, 1.54) is 10.8 Å². The van der Waals surface area contributed by atoms with Crippen LogP contribution in [0.1, 0.15) is 0 Å². The fourth-order valence-electron chi connectivity index (χ4n) is 1.13. The average molecular weight is 192 g/mol. The van der Waals surface area contributed by atoms with Gasteiger partial charge in [-0.05, 0) is 10.8 Å². The molecule has 0 aliphatic heterocycles. The van der Waals surface area contributed by atoms with Gasteiger partial charge in [-0.1, -0.05) is 48.5 Å². The third-order valence-electron chi connectivity index (χ3n) is 1.66. The van der Waals surface area contributed by atoms with Crippen LogP contribution in [0.4, 0.5) is 0 Å². The van der Waals surface area contributed by atoms with E-state index in [0.717, 1.165) is 0 Å². The van der Waals surface area contributed by atoms with E-state index >= 15 is 0 Å². The SMILES string of the molecule is [Ar].[NaH].c1ccc2ccccc2c1. The predicted octanol–water partition coefficient (Wildman–Crippen LogP) is 2.19. The quantitative estimate of drug-likeness (QED) is 0.561. The van der Waals surface area contributed by atoms with E-state index in [-0.39, 0.29) is 67.3 Å². The molecular formula is C10H9ArNa. The molecule has 0 N–H and O–H groups in total. The van der Waals surface area contributed by atoms with Crippen LogP contribution < -0.4 is 0 Å². The van der Waals surface area contributed by atoms with Gasteiger partial charge in [0, 0.05) is 37.7 Å². The number of fused-ring (bicyclic) bond motifs is 1. The Balaban J connectivity index is 0.000000605. The van der Waals surface area contributed by atoms with Crippen molar-refractivity contribution < 1.29 is 37.7 Å². The zero-order valence-corrected chi connectivity index (χ0v) is 6.68. The normalized spacial score (nSPS) is 8.33. The molecule has 2 rings (SSSR count). The Morgan fingerprint density at radius 1 is 0.583 bits per heavy atom. The van der Waals surface area contributed by atoms with Crippen LogP contribution in [0.25, 0.3) is 10.8 Å². The monoisotopic (exact) mass is 192 g/mol. The standard InChI is InChI=1S/C10H8.Ar.Na.H/c1-2-6-10-8-4-3-7-9(10)5-1;;;/h1-8H;;;. The second-order valence-electron chi connectivity index (χ2n) is 2.35. The van der Waals surface area contributed by atoms with Gasteiger partial charge in [0.1, 0.15) is 0 Å². The summed E-state index contributed by atoms with van der Waals surface area (Å²) >= 11 is 0. The zero-order valence-electron chi connectivity index (χ0n) is 5.97. The maximum absolute atomic E-state index is 2.12. The van der Waals surface area contributed by atoms with Crippen molar-refractivity contribution in [1.29, 1.82) is 0 Å². The van der Waals surface area contributed by atoms with E-state index in [2.05, 4.69) is 48.5 Å². The predicted molar refractivity (Wildman–Crippen MR) is 51.1 cm³/mol. The molecule has 0 aromatic heterocycles. The van der Waals surface area contributed by atoms with Gasteiger partial charge in [-0.3, -0.25) is 0 Å². The van der Waals surface area contributed by atoms with E-state index in [1.54, 1.807) is 0 Å². The van der Waals surface area contributed by atoms with Crippen LogP contribution >= 0.6 is 0 Å². The summed E-state index contributed by atoms with van der Waals surface area (Å²) in [5.74, 6) is 0. The van der Waals surface area contributed by atoms with Crippen molar-refractivity contribution in [1.82, 2.24) is 0 Å². The van der Waals surface area contributed by atoms with Crippen LogP contribution in [0.15, 0.2) is 48.5 Å². The molecule has 0 nitrogen and oxygen atoms in total. The van der Waals surface area contributed by atoms with E-state index in [1.807, 2.05) is 0 Å². The van der Waals surface area contributed by atoms with E-state index in [4.69, 9.17) is 0 Å². The Morgan fingerprint density at radius 2 is 0.833 bits per heavy atom. The van der Waals surface area contributed by atoms with Crippen LogP contribution in [0.2, 0.25) is 0 Å². The van der Waals surface area contributed by atoms with Crippen LogP contribution in [0.3, 0.4) is 0 Å². The molecule has 0 radical (unpaired) electrons. The van der Waals surface area contributed by atoms with Gasteiger partial charge in [-0.15, -0.1) is 0 Å². The second kappa shape index (κ2) is 6.42. The van der Waals surface area contributed by atoms with E-state index in [9.17, 15) is 0 Å². The molecule has 0 unspecified atom stereocenters. The Hall–Kier alpha value is 0.960. The van der Waals surface area contributed by atoms with Gasteiger partial charge in [0.05, 0.1) is 0 Å². The number of hydrogen-bond donors (Lipinski definition) is 0. The maximum Gasteiger partial charge on any atom is -0.0184 e. The summed E-state index contributed by atoms with van der Waals surface area (Å²) in [6.07, 6.45) is 0. The van der Waals surface area contributed by atoms with Crippen molar-refractivity contribution in [3.8, 4) is 0 Å². The minimum atomic E-state index is 0. The maximum atomic E-state index is 2.12. The summed E-state index contributed by atoms with van der Waals surface area (Å²) < 4.78 is 0. The average Bonchev–Trinajstić information content (AvgIpc) is 2.05. The summed E-state index contributed by atoms with van der Waals surface area (Å²) in [4.78, 5) is 0. The minimum absolute atomic E-state index is 0. The molecule has 0 aliphatic carbocycles. The molecule has 0 fully saturated rings. The summed E-state index contributed by atoms with van der Waals surface area (Å²) in [6, 6.07) is 16.7. The summed E-state index contributed by atoms with van der Waals surface area (Å²) in [5, 5.41) is 2.62.